The van der Waals surface area contributed by atoms with E-state index < -0.39 is 0 Å². The van der Waals surface area contributed by atoms with Crippen molar-refractivity contribution in [3.8, 4) is 0 Å². The monoisotopic (exact) mass is 224 g/mol. The van der Waals surface area contributed by atoms with Gasteiger partial charge in [-0.3, -0.25) is 4.79 Å². The van der Waals surface area contributed by atoms with E-state index in [2.05, 4.69) is 0 Å². The van der Waals surface area contributed by atoms with Crippen molar-refractivity contribution in [2.45, 2.75) is 57.4 Å². The Morgan fingerprint density at radius 3 is 2.69 bits per heavy atom. The second-order valence-electron chi connectivity index (χ2n) is 5.43. The fourth-order valence-electron chi connectivity index (χ4n) is 2.72. The van der Waals surface area contributed by atoms with Crippen molar-refractivity contribution in [3.63, 3.8) is 0 Å². The SMILES string of the molecule is NC1CCCN(C(=O)CCCC2CCC2)C1. The molecule has 1 atom stereocenters. The van der Waals surface area contributed by atoms with Crippen LogP contribution in [0.5, 0.6) is 0 Å². The molecule has 16 heavy (non-hydrogen) atoms. The van der Waals surface area contributed by atoms with Crippen molar-refractivity contribution in [2.24, 2.45) is 11.7 Å². The van der Waals surface area contributed by atoms with Gasteiger partial charge in [-0.05, 0) is 31.6 Å². The summed E-state index contributed by atoms with van der Waals surface area (Å²) in [5.41, 5.74) is 5.88. The Morgan fingerprint density at radius 1 is 1.25 bits per heavy atom. The summed E-state index contributed by atoms with van der Waals surface area (Å²) in [5, 5.41) is 0. The molecule has 2 fully saturated rings. The summed E-state index contributed by atoms with van der Waals surface area (Å²) in [6, 6.07) is 0.212. The first-order valence-corrected chi connectivity index (χ1v) is 6.79. The van der Waals surface area contributed by atoms with Crippen molar-refractivity contribution in [2.75, 3.05) is 13.1 Å². The number of carbonyl (C=O) groups is 1. The molecule has 92 valence electrons. The Hall–Kier alpha value is -0.570. The van der Waals surface area contributed by atoms with E-state index in [4.69, 9.17) is 5.73 Å². The number of nitrogens with zero attached hydrogens (tertiary/aromatic N) is 1. The largest absolute Gasteiger partial charge is 0.341 e. The summed E-state index contributed by atoms with van der Waals surface area (Å²) in [6.07, 6.45) is 9.41. The lowest BCUT2D eigenvalue weighted by Gasteiger charge is -2.31. The van der Waals surface area contributed by atoms with E-state index in [9.17, 15) is 4.79 Å². The van der Waals surface area contributed by atoms with Crippen LogP contribution >= 0.6 is 0 Å². The third kappa shape index (κ3) is 3.21. The lowest BCUT2D eigenvalue weighted by Crippen LogP contribution is -2.45. The van der Waals surface area contributed by atoms with Crippen molar-refractivity contribution in [1.82, 2.24) is 4.90 Å². The van der Waals surface area contributed by atoms with Gasteiger partial charge >= 0.3 is 0 Å². The van der Waals surface area contributed by atoms with Crippen LogP contribution < -0.4 is 5.73 Å². The first-order chi connectivity index (χ1) is 7.75. The lowest BCUT2D eigenvalue weighted by atomic mass is 9.82. The topological polar surface area (TPSA) is 46.3 Å². The summed E-state index contributed by atoms with van der Waals surface area (Å²) >= 11 is 0. The number of hydrogen-bond acceptors (Lipinski definition) is 2. The molecule has 1 aliphatic heterocycles. The van der Waals surface area contributed by atoms with Crippen LogP contribution in [-0.2, 0) is 4.79 Å². The third-order valence-electron chi connectivity index (χ3n) is 4.04. The van der Waals surface area contributed by atoms with Gasteiger partial charge in [-0.2, -0.15) is 0 Å². The second-order valence-corrected chi connectivity index (χ2v) is 5.43. The molecule has 0 bridgehead atoms. The Kier molecular flexibility index (Phi) is 4.22. The van der Waals surface area contributed by atoms with Crippen LogP contribution in [-0.4, -0.2) is 29.9 Å². The van der Waals surface area contributed by atoms with Gasteiger partial charge in [-0.1, -0.05) is 19.3 Å². The molecule has 1 unspecified atom stereocenters. The Bertz CT molecular complexity index is 238. The van der Waals surface area contributed by atoms with Crippen LogP contribution in [0.25, 0.3) is 0 Å². The number of nitrogens with two attached hydrogens (primary N) is 1. The molecule has 0 aromatic rings. The molecule has 0 spiro atoms. The fraction of sp³-hybridized carbons (Fsp3) is 0.923. The first kappa shape index (κ1) is 11.9. The molecule has 1 saturated heterocycles. The average Bonchev–Trinajstić information content (AvgIpc) is 2.21. The molecule has 1 heterocycles. The predicted molar refractivity (Wildman–Crippen MR) is 65.0 cm³/mol. The summed E-state index contributed by atoms with van der Waals surface area (Å²) in [6.45, 7) is 1.71. The molecule has 2 rings (SSSR count). The molecular weight excluding hydrogens is 200 g/mol. The molecule has 3 heteroatoms. The molecule has 3 nitrogen and oxygen atoms in total. The third-order valence-corrected chi connectivity index (χ3v) is 4.04. The smallest absolute Gasteiger partial charge is 0.222 e. The van der Waals surface area contributed by atoms with Gasteiger partial charge in [0.2, 0.25) is 5.91 Å². The molecule has 0 aromatic carbocycles. The quantitative estimate of drug-likeness (QED) is 0.793. The van der Waals surface area contributed by atoms with Gasteiger partial charge < -0.3 is 10.6 Å². The molecule has 0 radical (unpaired) electrons. The van der Waals surface area contributed by atoms with Crippen molar-refractivity contribution >= 4 is 5.91 Å². The van der Waals surface area contributed by atoms with Gasteiger partial charge in [0.05, 0.1) is 0 Å². The van der Waals surface area contributed by atoms with Crippen LogP contribution in [0.4, 0.5) is 0 Å². The summed E-state index contributed by atoms with van der Waals surface area (Å²) in [5.74, 6) is 1.26. The summed E-state index contributed by atoms with van der Waals surface area (Å²) in [7, 11) is 0. The van der Waals surface area contributed by atoms with Crippen LogP contribution in [0.3, 0.4) is 0 Å². The minimum absolute atomic E-state index is 0.212. The van der Waals surface area contributed by atoms with Crippen molar-refractivity contribution < 1.29 is 4.79 Å². The Morgan fingerprint density at radius 2 is 2.06 bits per heavy atom. The highest BCUT2D eigenvalue weighted by atomic mass is 16.2. The van der Waals surface area contributed by atoms with E-state index in [0.717, 1.165) is 44.7 Å². The van der Waals surface area contributed by atoms with E-state index in [1.807, 2.05) is 4.90 Å². The van der Waals surface area contributed by atoms with Gasteiger partial charge in [-0.15, -0.1) is 0 Å². The van der Waals surface area contributed by atoms with Crippen LogP contribution in [0, 0.1) is 5.92 Å². The predicted octanol–water partition coefficient (Wildman–Crippen LogP) is 1.91. The maximum Gasteiger partial charge on any atom is 0.222 e. The zero-order valence-electron chi connectivity index (χ0n) is 10.2. The number of likely N-dealkylation sites (tertiary alicyclic amines) is 1. The van der Waals surface area contributed by atoms with E-state index in [-0.39, 0.29) is 6.04 Å². The zero-order valence-corrected chi connectivity index (χ0v) is 10.2. The van der Waals surface area contributed by atoms with Crippen LogP contribution in [0.1, 0.15) is 51.4 Å². The van der Waals surface area contributed by atoms with E-state index >= 15 is 0 Å². The second kappa shape index (κ2) is 5.67. The maximum atomic E-state index is 11.9. The molecular formula is C13H24N2O. The minimum Gasteiger partial charge on any atom is -0.341 e. The number of amides is 1. The lowest BCUT2D eigenvalue weighted by molar-refractivity contribution is -0.132. The van der Waals surface area contributed by atoms with Crippen LogP contribution in [0.15, 0.2) is 0 Å². The van der Waals surface area contributed by atoms with Crippen molar-refractivity contribution in [1.29, 1.82) is 0 Å². The molecule has 0 aromatic heterocycles. The van der Waals surface area contributed by atoms with Gasteiger partial charge in [-0.25, -0.2) is 0 Å². The van der Waals surface area contributed by atoms with Crippen LogP contribution in [0.2, 0.25) is 0 Å². The molecule has 1 aliphatic carbocycles. The number of carbonyl (C=O) groups excluding carboxylic acids is 1. The minimum atomic E-state index is 0.212. The standard InChI is InChI=1S/C13H24N2O/c14-12-7-3-9-15(10-12)13(16)8-2-6-11-4-1-5-11/h11-12H,1-10,14H2. The molecule has 2 aliphatic rings. The Labute approximate surface area is 98.4 Å². The molecule has 2 N–H and O–H groups in total. The van der Waals surface area contributed by atoms with Crippen molar-refractivity contribution in [3.05, 3.63) is 0 Å². The summed E-state index contributed by atoms with van der Waals surface area (Å²) in [4.78, 5) is 13.9. The Balaban J connectivity index is 1.62. The van der Waals surface area contributed by atoms with Gasteiger partial charge in [0.25, 0.3) is 0 Å². The molecule has 1 amide bonds. The highest BCUT2D eigenvalue weighted by Gasteiger charge is 2.22. The maximum absolute atomic E-state index is 11.9. The average molecular weight is 224 g/mol. The number of rotatable bonds is 4. The zero-order chi connectivity index (χ0) is 11.4. The van der Waals surface area contributed by atoms with E-state index in [1.54, 1.807) is 0 Å². The van der Waals surface area contributed by atoms with Gasteiger partial charge in [0.1, 0.15) is 0 Å². The van der Waals surface area contributed by atoms with Gasteiger partial charge in [0.15, 0.2) is 0 Å². The first-order valence-electron chi connectivity index (χ1n) is 6.79. The van der Waals surface area contributed by atoms with Gasteiger partial charge in [0, 0.05) is 25.6 Å². The number of hydrogen-bond donors (Lipinski definition) is 1. The fourth-order valence-corrected chi connectivity index (χ4v) is 2.72. The molecule has 1 saturated carbocycles. The van der Waals surface area contributed by atoms with E-state index in [0.29, 0.717) is 5.91 Å². The highest BCUT2D eigenvalue weighted by Crippen LogP contribution is 2.30. The highest BCUT2D eigenvalue weighted by molar-refractivity contribution is 5.76. The number of piperidine rings is 1. The normalized spacial score (nSPS) is 26.6. The summed E-state index contributed by atoms with van der Waals surface area (Å²) < 4.78 is 0. The van der Waals surface area contributed by atoms with E-state index in [1.165, 1.54) is 25.7 Å².